The van der Waals surface area contributed by atoms with E-state index in [9.17, 15) is 9.18 Å². The van der Waals surface area contributed by atoms with Gasteiger partial charge in [-0.25, -0.2) is 4.39 Å². The summed E-state index contributed by atoms with van der Waals surface area (Å²) in [5, 5.41) is 3.40. The van der Waals surface area contributed by atoms with Crippen LogP contribution in [-0.4, -0.2) is 29.9 Å². The minimum atomic E-state index is -0.222. The van der Waals surface area contributed by atoms with Gasteiger partial charge in [-0.1, -0.05) is 19.1 Å². The summed E-state index contributed by atoms with van der Waals surface area (Å²) < 4.78 is 13.5. The number of hydrogen-bond acceptors (Lipinski definition) is 2. The molecule has 1 aromatic rings. The fourth-order valence-corrected chi connectivity index (χ4v) is 3.91. The lowest BCUT2D eigenvalue weighted by atomic mass is 9.91. The standard InChI is InChI=1S/C18H25FN2O.ClH/c1-12-8-17(14-4-3-5-16(19)10-14)21(11-12)18(22)15-6-7-20-13(2)9-15;/h3-5,10,12-13,15,17,20H,6-9,11H2,1-2H3;1H/t12?,13-,15-,17?;/m0./s1. The minimum absolute atomic E-state index is 0. The van der Waals surface area contributed by atoms with Crippen LogP contribution in [-0.2, 0) is 4.79 Å². The number of likely N-dealkylation sites (tertiary alicyclic amines) is 1. The molecule has 5 heteroatoms. The average molecular weight is 341 g/mol. The maximum atomic E-state index is 13.5. The Balaban J connectivity index is 0.00000192. The van der Waals surface area contributed by atoms with Crippen LogP contribution in [0.15, 0.2) is 24.3 Å². The summed E-state index contributed by atoms with van der Waals surface area (Å²) in [4.78, 5) is 15.0. The van der Waals surface area contributed by atoms with E-state index in [1.54, 1.807) is 12.1 Å². The lowest BCUT2D eigenvalue weighted by Crippen LogP contribution is -2.44. The molecule has 0 aliphatic carbocycles. The minimum Gasteiger partial charge on any atom is -0.335 e. The van der Waals surface area contributed by atoms with Crippen molar-refractivity contribution >= 4 is 18.3 Å². The number of benzene rings is 1. The van der Waals surface area contributed by atoms with Crippen LogP contribution in [0.2, 0.25) is 0 Å². The summed E-state index contributed by atoms with van der Waals surface area (Å²) in [6.07, 6.45) is 2.74. The molecule has 3 rings (SSSR count). The molecule has 1 aromatic carbocycles. The van der Waals surface area contributed by atoms with Crippen molar-refractivity contribution < 1.29 is 9.18 Å². The molecule has 0 radical (unpaired) electrons. The molecule has 1 amide bonds. The molecule has 0 spiro atoms. The van der Waals surface area contributed by atoms with Gasteiger partial charge in [0.2, 0.25) is 5.91 Å². The number of carbonyl (C=O) groups excluding carboxylic acids is 1. The van der Waals surface area contributed by atoms with Crippen molar-refractivity contribution in [2.24, 2.45) is 11.8 Å². The van der Waals surface area contributed by atoms with Crippen LogP contribution in [0, 0.1) is 17.7 Å². The monoisotopic (exact) mass is 340 g/mol. The van der Waals surface area contributed by atoms with Crippen molar-refractivity contribution in [2.45, 2.75) is 45.2 Å². The van der Waals surface area contributed by atoms with Crippen molar-refractivity contribution in [3.8, 4) is 0 Å². The van der Waals surface area contributed by atoms with Gasteiger partial charge in [-0.15, -0.1) is 12.4 Å². The first-order chi connectivity index (χ1) is 10.5. The van der Waals surface area contributed by atoms with Gasteiger partial charge in [0.15, 0.2) is 0 Å². The highest BCUT2D eigenvalue weighted by Crippen LogP contribution is 2.37. The van der Waals surface area contributed by atoms with Crippen LogP contribution in [0.25, 0.3) is 0 Å². The summed E-state index contributed by atoms with van der Waals surface area (Å²) in [5.74, 6) is 0.612. The van der Waals surface area contributed by atoms with E-state index in [0.29, 0.717) is 12.0 Å². The predicted molar refractivity (Wildman–Crippen MR) is 92.1 cm³/mol. The van der Waals surface area contributed by atoms with Gasteiger partial charge in [-0.3, -0.25) is 4.79 Å². The Morgan fingerprint density at radius 2 is 2.09 bits per heavy atom. The third-order valence-corrected chi connectivity index (χ3v) is 5.00. The average Bonchev–Trinajstić information content (AvgIpc) is 2.88. The van der Waals surface area contributed by atoms with Crippen LogP contribution < -0.4 is 5.32 Å². The molecule has 23 heavy (non-hydrogen) atoms. The third kappa shape index (κ3) is 4.04. The third-order valence-electron chi connectivity index (χ3n) is 5.00. The molecule has 1 N–H and O–H groups in total. The van der Waals surface area contributed by atoms with E-state index in [2.05, 4.69) is 19.2 Å². The molecule has 0 aromatic heterocycles. The Labute approximate surface area is 144 Å². The largest absolute Gasteiger partial charge is 0.335 e. The van der Waals surface area contributed by atoms with Gasteiger partial charge in [0.1, 0.15) is 5.82 Å². The van der Waals surface area contributed by atoms with E-state index >= 15 is 0 Å². The van der Waals surface area contributed by atoms with Gasteiger partial charge >= 0.3 is 0 Å². The number of rotatable bonds is 2. The Hall–Kier alpha value is -1.13. The first kappa shape index (κ1) is 18.2. The fourth-order valence-electron chi connectivity index (χ4n) is 3.91. The Bertz CT molecular complexity index is 554. The van der Waals surface area contributed by atoms with Gasteiger partial charge in [0, 0.05) is 18.5 Å². The molecular weight excluding hydrogens is 315 g/mol. The van der Waals surface area contributed by atoms with Gasteiger partial charge < -0.3 is 10.2 Å². The summed E-state index contributed by atoms with van der Waals surface area (Å²) in [5.41, 5.74) is 0.930. The van der Waals surface area contributed by atoms with Crippen LogP contribution in [0.3, 0.4) is 0 Å². The van der Waals surface area contributed by atoms with Gasteiger partial charge in [0.25, 0.3) is 0 Å². The predicted octanol–water partition coefficient (Wildman–Crippen LogP) is 3.55. The maximum absolute atomic E-state index is 13.5. The number of nitrogens with one attached hydrogen (secondary N) is 1. The second-order valence-electron chi connectivity index (χ2n) is 6.98. The maximum Gasteiger partial charge on any atom is 0.226 e. The number of nitrogens with zero attached hydrogens (tertiary/aromatic N) is 1. The summed E-state index contributed by atoms with van der Waals surface area (Å²) >= 11 is 0. The fraction of sp³-hybridized carbons (Fsp3) is 0.611. The molecule has 2 aliphatic heterocycles. The van der Waals surface area contributed by atoms with Crippen molar-refractivity contribution in [3.63, 3.8) is 0 Å². The van der Waals surface area contributed by atoms with Crippen LogP contribution in [0.1, 0.15) is 44.7 Å². The second-order valence-corrected chi connectivity index (χ2v) is 6.98. The zero-order valence-corrected chi connectivity index (χ0v) is 14.6. The zero-order valence-electron chi connectivity index (χ0n) is 13.8. The van der Waals surface area contributed by atoms with Crippen LogP contribution in [0.5, 0.6) is 0 Å². The van der Waals surface area contributed by atoms with E-state index < -0.39 is 0 Å². The summed E-state index contributed by atoms with van der Waals surface area (Å²) in [6.45, 7) is 6.00. The number of halogens is 2. The van der Waals surface area contributed by atoms with E-state index in [4.69, 9.17) is 0 Å². The van der Waals surface area contributed by atoms with Crippen molar-refractivity contribution in [1.82, 2.24) is 10.2 Å². The Morgan fingerprint density at radius 3 is 2.78 bits per heavy atom. The summed E-state index contributed by atoms with van der Waals surface area (Å²) in [7, 11) is 0. The van der Waals surface area contributed by atoms with Crippen molar-refractivity contribution in [3.05, 3.63) is 35.6 Å². The number of amides is 1. The second kappa shape index (κ2) is 7.63. The van der Waals surface area contributed by atoms with Gasteiger partial charge in [0.05, 0.1) is 6.04 Å². The van der Waals surface area contributed by atoms with E-state index in [1.807, 2.05) is 11.0 Å². The molecule has 2 saturated heterocycles. The highest BCUT2D eigenvalue weighted by molar-refractivity contribution is 5.85. The summed E-state index contributed by atoms with van der Waals surface area (Å²) in [6, 6.07) is 7.15. The Morgan fingerprint density at radius 1 is 1.30 bits per heavy atom. The van der Waals surface area contributed by atoms with E-state index in [1.165, 1.54) is 6.07 Å². The highest BCUT2D eigenvalue weighted by atomic mass is 35.5. The number of hydrogen-bond donors (Lipinski definition) is 1. The smallest absolute Gasteiger partial charge is 0.226 e. The SMILES string of the molecule is CC1CC(c2cccc(F)c2)N(C(=O)[C@H]2CCN[C@@H](C)C2)C1.Cl. The van der Waals surface area contributed by atoms with Crippen molar-refractivity contribution in [2.75, 3.05) is 13.1 Å². The molecule has 3 nitrogen and oxygen atoms in total. The van der Waals surface area contributed by atoms with Gasteiger partial charge in [-0.05, 0) is 56.3 Å². The molecule has 2 aliphatic rings. The molecule has 2 heterocycles. The first-order valence-electron chi connectivity index (χ1n) is 8.34. The molecule has 2 fully saturated rings. The van der Waals surface area contributed by atoms with Crippen molar-refractivity contribution in [1.29, 1.82) is 0 Å². The van der Waals surface area contributed by atoms with E-state index in [0.717, 1.165) is 37.9 Å². The zero-order chi connectivity index (χ0) is 15.7. The van der Waals surface area contributed by atoms with Crippen LogP contribution >= 0.6 is 12.4 Å². The first-order valence-corrected chi connectivity index (χ1v) is 8.34. The molecule has 0 saturated carbocycles. The topological polar surface area (TPSA) is 32.3 Å². The highest BCUT2D eigenvalue weighted by Gasteiger charge is 2.38. The normalized spacial score (nSPS) is 30.8. The van der Waals surface area contributed by atoms with Gasteiger partial charge in [-0.2, -0.15) is 0 Å². The van der Waals surface area contributed by atoms with E-state index in [-0.39, 0.29) is 36.1 Å². The molecular formula is C18H26ClFN2O. The number of carbonyl (C=O) groups is 1. The Kier molecular flexibility index (Phi) is 6.04. The molecule has 4 atom stereocenters. The number of piperidine rings is 1. The molecule has 2 unspecified atom stereocenters. The quantitative estimate of drug-likeness (QED) is 0.893. The molecule has 0 bridgehead atoms. The lowest BCUT2D eigenvalue weighted by molar-refractivity contribution is -0.137. The molecule has 128 valence electrons. The lowest BCUT2D eigenvalue weighted by Gasteiger charge is -2.33. The van der Waals surface area contributed by atoms with Crippen LogP contribution in [0.4, 0.5) is 4.39 Å².